The Balaban J connectivity index is 2.16. The summed E-state index contributed by atoms with van der Waals surface area (Å²) in [6, 6.07) is 5.59. The Bertz CT molecular complexity index is 652. The van der Waals surface area contributed by atoms with Crippen molar-refractivity contribution in [3.63, 3.8) is 0 Å². The monoisotopic (exact) mass is 275 g/mol. The smallest absolute Gasteiger partial charge is 0.323 e. The first kappa shape index (κ1) is 14.4. The summed E-state index contributed by atoms with van der Waals surface area (Å²) in [5.74, 6) is 0.151. The van der Waals surface area contributed by atoms with E-state index in [2.05, 4.69) is 15.3 Å². The van der Waals surface area contributed by atoms with Crippen LogP contribution in [0.25, 0.3) is 11.0 Å². The minimum Gasteiger partial charge on any atom is -0.349 e. The summed E-state index contributed by atoms with van der Waals surface area (Å²) in [7, 11) is 0. The van der Waals surface area contributed by atoms with Gasteiger partial charge in [0.25, 0.3) is 0 Å². The highest BCUT2D eigenvalue weighted by atomic mass is 16.2. The molecule has 0 aliphatic heterocycles. The van der Waals surface area contributed by atoms with Gasteiger partial charge in [0.2, 0.25) is 5.91 Å². The van der Waals surface area contributed by atoms with E-state index in [0.717, 1.165) is 29.4 Å². The van der Waals surface area contributed by atoms with Crippen molar-refractivity contribution in [1.29, 1.82) is 0 Å². The van der Waals surface area contributed by atoms with E-state index in [1.54, 1.807) is 0 Å². The number of aromatic nitrogens is 2. The van der Waals surface area contributed by atoms with Crippen molar-refractivity contribution < 1.29 is 4.79 Å². The number of benzene rings is 1. The Kier molecular flexibility index (Phi) is 4.27. The van der Waals surface area contributed by atoms with Gasteiger partial charge in [-0.15, -0.1) is 0 Å². The van der Waals surface area contributed by atoms with E-state index in [9.17, 15) is 9.59 Å². The summed E-state index contributed by atoms with van der Waals surface area (Å²) in [6.07, 6.45) is 1.69. The third-order valence-electron chi connectivity index (χ3n) is 3.76. The number of hydrogen-bond acceptors (Lipinski definition) is 2. The topological polar surface area (TPSA) is 77.8 Å². The van der Waals surface area contributed by atoms with Gasteiger partial charge in [0, 0.05) is 5.92 Å². The van der Waals surface area contributed by atoms with Gasteiger partial charge >= 0.3 is 5.69 Å². The van der Waals surface area contributed by atoms with Gasteiger partial charge in [0.15, 0.2) is 0 Å². The summed E-state index contributed by atoms with van der Waals surface area (Å²) >= 11 is 0. The molecule has 5 nitrogen and oxygen atoms in total. The van der Waals surface area contributed by atoms with Crippen LogP contribution in [0, 0.1) is 5.92 Å². The molecule has 0 radical (unpaired) electrons. The number of rotatable bonds is 5. The van der Waals surface area contributed by atoms with E-state index < -0.39 is 0 Å². The maximum atomic E-state index is 12.1. The van der Waals surface area contributed by atoms with E-state index in [0.29, 0.717) is 0 Å². The average molecular weight is 275 g/mol. The highest BCUT2D eigenvalue weighted by molar-refractivity contribution is 5.79. The lowest BCUT2D eigenvalue weighted by atomic mass is 10.0. The predicted molar refractivity (Wildman–Crippen MR) is 79.5 cm³/mol. The van der Waals surface area contributed by atoms with Gasteiger partial charge in [0.05, 0.1) is 17.1 Å². The minimum absolute atomic E-state index is 0.0632. The van der Waals surface area contributed by atoms with Crippen LogP contribution in [-0.4, -0.2) is 15.9 Å². The molecule has 1 amide bonds. The molecule has 0 fully saturated rings. The molecule has 0 aliphatic rings. The lowest BCUT2D eigenvalue weighted by molar-refractivity contribution is -0.125. The zero-order valence-corrected chi connectivity index (χ0v) is 12.1. The third-order valence-corrected chi connectivity index (χ3v) is 3.76. The first-order valence-electron chi connectivity index (χ1n) is 7.07. The lowest BCUT2D eigenvalue weighted by Crippen LogP contribution is -2.32. The molecule has 1 aromatic heterocycles. The second-order valence-electron chi connectivity index (χ2n) is 5.13. The van der Waals surface area contributed by atoms with Crippen LogP contribution in [0.5, 0.6) is 0 Å². The van der Waals surface area contributed by atoms with Crippen LogP contribution < -0.4 is 11.0 Å². The molecule has 2 rings (SSSR count). The number of H-pyrrole nitrogens is 2. The van der Waals surface area contributed by atoms with Gasteiger partial charge < -0.3 is 15.3 Å². The maximum Gasteiger partial charge on any atom is 0.323 e. The number of aromatic amines is 2. The first-order chi connectivity index (χ1) is 9.55. The number of fused-ring (bicyclic) bond motifs is 1. The molecule has 3 N–H and O–H groups in total. The Labute approximate surface area is 117 Å². The lowest BCUT2D eigenvalue weighted by Gasteiger charge is -2.18. The third kappa shape index (κ3) is 2.92. The molecule has 20 heavy (non-hydrogen) atoms. The molecular formula is C15H21N3O2. The van der Waals surface area contributed by atoms with Gasteiger partial charge in [0.1, 0.15) is 0 Å². The number of nitrogens with one attached hydrogen (secondary N) is 3. The molecule has 1 atom stereocenters. The minimum atomic E-state index is -0.217. The summed E-state index contributed by atoms with van der Waals surface area (Å²) in [5.41, 5.74) is 2.30. The molecule has 1 aromatic carbocycles. The van der Waals surface area contributed by atoms with E-state index in [1.165, 1.54) is 0 Å². The highest BCUT2D eigenvalue weighted by Crippen LogP contribution is 2.18. The van der Waals surface area contributed by atoms with Crippen molar-refractivity contribution in [2.45, 2.75) is 39.7 Å². The predicted octanol–water partition coefficient (Wildman–Crippen LogP) is 2.47. The van der Waals surface area contributed by atoms with Crippen molar-refractivity contribution in [1.82, 2.24) is 15.3 Å². The number of amides is 1. The van der Waals surface area contributed by atoms with E-state index in [-0.39, 0.29) is 23.6 Å². The van der Waals surface area contributed by atoms with Crippen molar-refractivity contribution in [2.24, 2.45) is 5.92 Å². The fraction of sp³-hybridized carbons (Fsp3) is 0.467. The average Bonchev–Trinajstić information content (AvgIpc) is 2.78. The number of imidazole rings is 1. The zero-order valence-electron chi connectivity index (χ0n) is 12.1. The van der Waals surface area contributed by atoms with Gasteiger partial charge in [-0.1, -0.05) is 19.9 Å². The van der Waals surface area contributed by atoms with E-state index >= 15 is 0 Å². The molecule has 1 unspecified atom stereocenters. The summed E-state index contributed by atoms with van der Waals surface area (Å²) in [4.78, 5) is 28.7. The van der Waals surface area contributed by atoms with Gasteiger partial charge in [-0.25, -0.2) is 4.79 Å². The van der Waals surface area contributed by atoms with Crippen molar-refractivity contribution in [3.8, 4) is 0 Å². The van der Waals surface area contributed by atoms with Crippen LogP contribution in [-0.2, 0) is 4.79 Å². The zero-order chi connectivity index (χ0) is 14.7. The quantitative estimate of drug-likeness (QED) is 0.784. The van der Waals surface area contributed by atoms with Crippen molar-refractivity contribution >= 4 is 16.9 Å². The standard InChI is InChI=1S/C15H21N3O2/c1-4-10(5-2)14(19)16-9(3)11-6-7-12-13(8-11)18-15(20)17-12/h6-10H,4-5H2,1-3H3,(H,16,19)(H2,17,18,20). The van der Waals surface area contributed by atoms with Gasteiger partial charge in [-0.05, 0) is 37.5 Å². The van der Waals surface area contributed by atoms with Crippen LogP contribution in [0.4, 0.5) is 0 Å². The van der Waals surface area contributed by atoms with E-state index in [4.69, 9.17) is 0 Å². The molecule has 0 bridgehead atoms. The second-order valence-corrected chi connectivity index (χ2v) is 5.13. The molecule has 0 aliphatic carbocycles. The first-order valence-corrected chi connectivity index (χ1v) is 7.07. The van der Waals surface area contributed by atoms with Gasteiger partial charge in [-0.2, -0.15) is 0 Å². The Morgan fingerprint density at radius 3 is 2.50 bits per heavy atom. The molecule has 108 valence electrons. The fourth-order valence-corrected chi connectivity index (χ4v) is 2.39. The summed E-state index contributed by atoms with van der Waals surface area (Å²) < 4.78 is 0. The Morgan fingerprint density at radius 2 is 1.85 bits per heavy atom. The molecule has 5 heteroatoms. The number of carbonyl (C=O) groups is 1. The molecule has 1 heterocycles. The van der Waals surface area contributed by atoms with Crippen molar-refractivity contribution in [3.05, 3.63) is 34.2 Å². The Morgan fingerprint density at radius 1 is 1.20 bits per heavy atom. The molecule has 0 spiro atoms. The molecule has 0 saturated carbocycles. The number of carbonyl (C=O) groups excluding carboxylic acids is 1. The highest BCUT2D eigenvalue weighted by Gasteiger charge is 2.17. The Hall–Kier alpha value is -2.04. The van der Waals surface area contributed by atoms with Crippen LogP contribution in [0.2, 0.25) is 0 Å². The fourth-order valence-electron chi connectivity index (χ4n) is 2.39. The SMILES string of the molecule is CCC(CC)C(=O)NC(C)c1ccc2[nH]c(=O)[nH]c2c1. The van der Waals surface area contributed by atoms with Gasteiger partial charge in [-0.3, -0.25) is 4.79 Å². The van der Waals surface area contributed by atoms with Crippen LogP contribution >= 0.6 is 0 Å². The van der Waals surface area contributed by atoms with Crippen molar-refractivity contribution in [2.75, 3.05) is 0 Å². The summed E-state index contributed by atoms with van der Waals surface area (Å²) in [6.45, 7) is 6.00. The molecular weight excluding hydrogens is 254 g/mol. The van der Waals surface area contributed by atoms with E-state index in [1.807, 2.05) is 39.0 Å². The van der Waals surface area contributed by atoms with Crippen LogP contribution in [0.1, 0.15) is 45.2 Å². The van der Waals surface area contributed by atoms with Crippen LogP contribution in [0.3, 0.4) is 0 Å². The largest absolute Gasteiger partial charge is 0.349 e. The normalized spacial score (nSPS) is 12.8. The summed E-state index contributed by atoms with van der Waals surface area (Å²) in [5, 5.41) is 3.03. The maximum absolute atomic E-state index is 12.1. The molecule has 2 aromatic rings. The van der Waals surface area contributed by atoms with Crippen LogP contribution in [0.15, 0.2) is 23.0 Å². The number of hydrogen-bond donors (Lipinski definition) is 3. The molecule has 0 saturated heterocycles. The second kappa shape index (κ2) is 5.94.